The van der Waals surface area contributed by atoms with E-state index in [0.717, 1.165) is 31.4 Å². The van der Waals surface area contributed by atoms with Crippen molar-refractivity contribution in [3.63, 3.8) is 0 Å². The Hall–Kier alpha value is -3.96. The molecule has 1 saturated carbocycles. The fourth-order valence-electron chi connectivity index (χ4n) is 3.99. The molecule has 0 bridgehead atoms. The molecule has 2 N–H and O–H groups in total. The molecule has 0 atom stereocenters. The topological polar surface area (TPSA) is 119 Å². The van der Waals surface area contributed by atoms with Crippen LogP contribution in [0.2, 0.25) is 0 Å². The van der Waals surface area contributed by atoms with Gasteiger partial charge in [0, 0.05) is 30.2 Å². The molecular formula is C23H22F3N5O4. The predicted octanol–water partition coefficient (Wildman–Crippen LogP) is 4.71. The molecular weight excluding hydrogens is 467 g/mol. The van der Waals surface area contributed by atoms with E-state index in [1.807, 2.05) is 6.07 Å². The van der Waals surface area contributed by atoms with E-state index >= 15 is 0 Å². The van der Waals surface area contributed by atoms with Gasteiger partial charge in [0.25, 0.3) is 0 Å². The molecule has 12 heteroatoms. The molecule has 0 aliphatic heterocycles. The number of carbonyl (C=O) groups excluding carboxylic acids is 2. The molecule has 184 valence electrons. The second kappa shape index (κ2) is 10.5. The Labute approximate surface area is 198 Å². The summed E-state index contributed by atoms with van der Waals surface area (Å²) in [6, 6.07) is 4.11. The van der Waals surface area contributed by atoms with Crippen molar-refractivity contribution in [3.8, 4) is 0 Å². The van der Waals surface area contributed by atoms with Crippen molar-refractivity contribution in [2.75, 3.05) is 17.7 Å². The first-order valence-electron chi connectivity index (χ1n) is 10.9. The average Bonchev–Trinajstić information content (AvgIpc) is 3.32. The average molecular weight is 489 g/mol. The second-order valence-corrected chi connectivity index (χ2v) is 8.21. The van der Waals surface area contributed by atoms with E-state index in [4.69, 9.17) is 9.15 Å². The monoisotopic (exact) mass is 489 g/mol. The van der Waals surface area contributed by atoms with Gasteiger partial charge in [-0.25, -0.2) is 13.2 Å². The predicted molar refractivity (Wildman–Crippen MR) is 117 cm³/mol. The summed E-state index contributed by atoms with van der Waals surface area (Å²) in [5, 5.41) is 12.0. The van der Waals surface area contributed by atoms with Crippen LogP contribution in [0.1, 0.15) is 54.4 Å². The number of nitrogens with zero attached hydrogens (tertiary/aromatic N) is 3. The molecule has 0 radical (unpaired) electrons. The van der Waals surface area contributed by atoms with Crippen molar-refractivity contribution in [1.29, 1.82) is 0 Å². The van der Waals surface area contributed by atoms with Crippen LogP contribution in [0.3, 0.4) is 0 Å². The molecule has 2 aromatic heterocycles. The molecule has 35 heavy (non-hydrogen) atoms. The Bertz CT molecular complexity index is 1210. The molecule has 2 heterocycles. The minimum Gasteiger partial charge on any atom is -0.469 e. The smallest absolute Gasteiger partial charge is 0.320 e. The van der Waals surface area contributed by atoms with Crippen molar-refractivity contribution < 1.29 is 31.9 Å². The molecule has 1 aliphatic carbocycles. The fraction of sp³-hybridized carbons (Fsp3) is 0.348. The van der Waals surface area contributed by atoms with Gasteiger partial charge in [-0.05, 0) is 43.7 Å². The summed E-state index contributed by atoms with van der Waals surface area (Å²) in [6.07, 6.45) is 5.61. The Balaban J connectivity index is 1.32. The molecule has 1 fully saturated rings. The first-order valence-corrected chi connectivity index (χ1v) is 10.9. The van der Waals surface area contributed by atoms with Crippen LogP contribution in [-0.4, -0.2) is 34.2 Å². The third kappa shape index (κ3) is 5.94. The van der Waals surface area contributed by atoms with Crippen LogP contribution in [0.5, 0.6) is 0 Å². The van der Waals surface area contributed by atoms with E-state index in [9.17, 15) is 22.8 Å². The molecule has 1 aromatic carbocycles. The zero-order chi connectivity index (χ0) is 24.9. The quantitative estimate of drug-likeness (QED) is 0.362. The number of methoxy groups -OCH3 is 1. The highest BCUT2D eigenvalue weighted by molar-refractivity contribution is 6.00. The number of hydrogen-bond donors (Lipinski definition) is 2. The largest absolute Gasteiger partial charge is 0.469 e. The SMILES string of the molecule is COC(=O)CC1CCC(c2ccc(NC(=O)c3nnc(Nc4cc(F)c(F)cc4F)o3)cn2)CC1. The van der Waals surface area contributed by atoms with E-state index in [1.165, 1.54) is 13.3 Å². The van der Waals surface area contributed by atoms with Crippen LogP contribution in [0, 0.1) is 23.4 Å². The summed E-state index contributed by atoms with van der Waals surface area (Å²) in [4.78, 5) is 28.3. The van der Waals surface area contributed by atoms with Gasteiger partial charge in [-0.3, -0.25) is 14.6 Å². The van der Waals surface area contributed by atoms with Gasteiger partial charge in [-0.15, -0.1) is 5.10 Å². The Morgan fingerprint density at radius 2 is 1.80 bits per heavy atom. The van der Waals surface area contributed by atoms with Crippen LogP contribution in [-0.2, 0) is 9.53 Å². The van der Waals surface area contributed by atoms with Gasteiger partial charge in [0.2, 0.25) is 0 Å². The second-order valence-electron chi connectivity index (χ2n) is 8.21. The number of carbonyl (C=O) groups is 2. The number of anilines is 3. The lowest BCUT2D eigenvalue weighted by Gasteiger charge is -2.27. The zero-order valence-corrected chi connectivity index (χ0v) is 18.7. The number of halogens is 3. The van der Waals surface area contributed by atoms with Crippen LogP contribution >= 0.6 is 0 Å². The first-order chi connectivity index (χ1) is 16.8. The highest BCUT2D eigenvalue weighted by atomic mass is 19.2. The van der Waals surface area contributed by atoms with Crippen molar-refractivity contribution >= 4 is 29.3 Å². The number of aromatic nitrogens is 3. The minimum absolute atomic E-state index is 0.188. The Morgan fingerprint density at radius 3 is 2.49 bits per heavy atom. The van der Waals surface area contributed by atoms with Gasteiger partial charge in [0.15, 0.2) is 11.6 Å². The number of esters is 1. The summed E-state index contributed by atoms with van der Waals surface area (Å²) in [5.41, 5.74) is 0.869. The van der Waals surface area contributed by atoms with E-state index < -0.39 is 34.9 Å². The van der Waals surface area contributed by atoms with Gasteiger partial charge in [0.05, 0.1) is 24.7 Å². The maximum atomic E-state index is 13.8. The molecule has 0 unspecified atom stereocenters. The lowest BCUT2D eigenvalue weighted by molar-refractivity contribution is -0.142. The molecule has 0 saturated heterocycles. The number of hydrogen-bond acceptors (Lipinski definition) is 8. The van der Waals surface area contributed by atoms with Crippen molar-refractivity contribution in [1.82, 2.24) is 15.2 Å². The summed E-state index contributed by atoms with van der Waals surface area (Å²) < 4.78 is 50.0. The Kier molecular flexibility index (Phi) is 7.28. The summed E-state index contributed by atoms with van der Waals surface area (Å²) >= 11 is 0. The summed E-state index contributed by atoms with van der Waals surface area (Å²) in [6.45, 7) is 0. The molecule has 9 nitrogen and oxygen atoms in total. The number of ether oxygens (including phenoxy) is 1. The molecule has 4 rings (SSSR count). The minimum atomic E-state index is -1.34. The van der Waals surface area contributed by atoms with Gasteiger partial charge >= 0.3 is 23.8 Å². The Morgan fingerprint density at radius 1 is 1.06 bits per heavy atom. The van der Waals surface area contributed by atoms with Gasteiger partial charge in [0.1, 0.15) is 5.82 Å². The number of pyridine rings is 1. The lowest BCUT2D eigenvalue weighted by atomic mass is 9.79. The van der Waals surface area contributed by atoms with Crippen LogP contribution in [0.4, 0.5) is 30.6 Å². The maximum Gasteiger partial charge on any atom is 0.320 e. The van der Waals surface area contributed by atoms with Crippen LogP contribution < -0.4 is 10.6 Å². The first kappa shape index (κ1) is 24.2. The summed E-state index contributed by atoms with van der Waals surface area (Å²) in [7, 11) is 1.39. The highest BCUT2D eigenvalue weighted by Gasteiger charge is 2.25. The molecule has 1 aliphatic rings. The fourth-order valence-corrected chi connectivity index (χ4v) is 3.99. The van der Waals surface area contributed by atoms with E-state index in [1.54, 1.807) is 6.07 Å². The third-order valence-corrected chi connectivity index (χ3v) is 5.86. The zero-order valence-electron chi connectivity index (χ0n) is 18.7. The number of nitrogens with one attached hydrogen (secondary N) is 2. The van der Waals surface area contributed by atoms with Gasteiger partial charge < -0.3 is 19.8 Å². The normalized spacial score (nSPS) is 17.6. The van der Waals surface area contributed by atoms with E-state index in [-0.39, 0.29) is 17.9 Å². The van der Waals surface area contributed by atoms with E-state index in [2.05, 4.69) is 25.8 Å². The van der Waals surface area contributed by atoms with Crippen LogP contribution in [0.15, 0.2) is 34.9 Å². The number of benzene rings is 1. The van der Waals surface area contributed by atoms with Crippen molar-refractivity contribution in [2.24, 2.45) is 5.92 Å². The molecule has 1 amide bonds. The van der Waals surface area contributed by atoms with Gasteiger partial charge in [-0.1, -0.05) is 5.10 Å². The van der Waals surface area contributed by atoms with Gasteiger partial charge in [-0.2, -0.15) is 0 Å². The van der Waals surface area contributed by atoms with Crippen molar-refractivity contribution in [2.45, 2.75) is 38.0 Å². The highest BCUT2D eigenvalue weighted by Crippen LogP contribution is 2.36. The van der Waals surface area contributed by atoms with Crippen molar-refractivity contribution in [3.05, 3.63) is 59.5 Å². The third-order valence-electron chi connectivity index (χ3n) is 5.86. The molecule has 0 spiro atoms. The standard InChI is InChI=1S/C23H22F3N5O4/c1-34-20(32)8-12-2-4-13(5-3-12)18-7-6-14(11-27-18)28-21(33)22-30-31-23(35-22)29-19-10-16(25)15(24)9-17(19)26/h6-7,9-13H,2-5,8H2,1H3,(H,28,33)(H,29,31). The van der Waals surface area contributed by atoms with E-state index in [0.29, 0.717) is 30.2 Å². The summed E-state index contributed by atoms with van der Waals surface area (Å²) in [5.74, 6) is -4.43. The number of rotatable bonds is 7. The molecule has 3 aromatic rings. The maximum absolute atomic E-state index is 13.8. The van der Waals surface area contributed by atoms with Crippen LogP contribution in [0.25, 0.3) is 0 Å². The number of amides is 1. The lowest BCUT2D eigenvalue weighted by Crippen LogP contribution is -2.18.